The summed E-state index contributed by atoms with van der Waals surface area (Å²) in [6.45, 7) is 5.28. The summed E-state index contributed by atoms with van der Waals surface area (Å²) in [5, 5.41) is 12.3. The minimum absolute atomic E-state index is 0.0684. The van der Waals surface area contributed by atoms with E-state index in [9.17, 15) is 9.59 Å². The Morgan fingerprint density at radius 3 is 2.62 bits per heavy atom. The third-order valence-electron chi connectivity index (χ3n) is 6.75. The van der Waals surface area contributed by atoms with E-state index in [4.69, 9.17) is 5.10 Å². The van der Waals surface area contributed by atoms with Crippen molar-refractivity contribution in [3.8, 4) is 16.9 Å². The zero-order valence-corrected chi connectivity index (χ0v) is 24.3. The molecule has 0 saturated carbocycles. The van der Waals surface area contributed by atoms with E-state index in [0.717, 1.165) is 45.7 Å². The van der Waals surface area contributed by atoms with Gasteiger partial charge in [-0.3, -0.25) is 14.5 Å². The number of rotatable bonds is 8. The first-order chi connectivity index (χ1) is 18.8. The zero-order valence-electron chi connectivity index (χ0n) is 22.7. The van der Waals surface area contributed by atoms with Gasteiger partial charge in [0.1, 0.15) is 12.4 Å². The maximum atomic E-state index is 13.8. The fraction of sp³-hybridized carbons (Fsp3) is 0.300. The number of hydrogen-bond donors (Lipinski definition) is 1. The molecule has 1 atom stereocenters. The Kier molecular flexibility index (Phi) is 8.20. The highest BCUT2D eigenvalue weighted by atomic mass is 32.2. The van der Waals surface area contributed by atoms with Crippen molar-refractivity contribution in [1.29, 1.82) is 0 Å². The fourth-order valence-electron chi connectivity index (χ4n) is 4.85. The van der Waals surface area contributed by atoms with Crippen LogP contribution in [0.1, 0.15) is 27.5 Å². The van der Waals surface area contributed by atoms with Crippen molar-refractivity contribution in [2.75, 3.05) is 44.4 Å². The van der Waals surface area contributed by atoms with E-state index in [1.807, 2.05) is 47.9 Å². The normalized spacial score (nSPS) is 15.4. The predicted octanol–water partition coefficient (Wildman–Crippen LogP) is 5.06. The Bertz CT molecular complexity index is 1460. The van der Waals surface area contributed by atoms with Crippen LogP contribution in [0, 0.1) is 13.8 Å². The summed E-state index contributed by atoms with van der Waals surface area (Å²) in [7, 11) is 3.93. The van der Waals surface area contributed by atoms with Crippen molar-refractivity contribution in [2.45, 2.75) is 19.1 Å². The summed E-state index contributed by atoms with van der Waals surface area (Å²) in [4.78, 5) is 30.6. The van der Waals surface area contributed by atoms with Crippen LogP contribution in [0.3, 0.4) is 0 Å². The minimum atomic E-state index is -0.190. The summed E-state index contributed by atoms with van der Waals surface area (Å²) < 4.78 is 1.88. The third kappa shape index (κ3) is 5.80. The molecule has 2 amide bonds. The molecule has 1 aliphatic rings. The number of benzene rings is 2. The van der Waals surface area contributed by atoms with Gasteiger partial charge in [0.25, 0.3) is 0 Å². The molecule has 202 valence electrons. The highest BCUT2D eigenvalue weighted by molar-refractivity contribution is 8.00. The van der Waals surface area contributed by atoms with Gasteiger partial charge in [-0.05, 0) is 62.0 Å². The van der Waals surface area contributed by atoms with Gasteiger partial charge in [0, 0.05) is 24.2 Å². The van der Waals surface area contributed by atoms with E-state index in [0.29, 0.717) is 12.4 Å². The molecule has 2 aromatic heterocycles. The number of thiophene rings is 1. The van der Waals surface area contributed by atoms with Gasteiger partial charge in [-0.1, -0.05) is 48.0 Å². The Morgan fingerprint density at radius 2 is 1.92 bits per heavy atom. The van der Waals surface area contributed by atoms with E-state index in [2.05, 4.69) is 60.3 Å². The lowest BCUT2D eigenvalue weighted by Gasteiger charge is -2.24. The molecule has 0 radical (unpaired) electrons. The quantitative estimate of drug-likeness (QED) is 0.327. The number of likely N-dealkylation sites (N-methyl/N-ethyl adjacent to an activating group) is 1. The Balaban J connectivity index is 1.72. The molecule has 0 saturated heterocycles. The molecule has 5 rings (SSSR count). The molecule has 1 N–H and O–H groups in total. The SMILES string of the molecule is Cc1ccc(-n2nc(-c3ccccc3)c3c2N(CC(=O)NCCN(C)C)C(=O)CSC3c2ccsc2)c(C)c1. The molecule has 9 heteroatoms. The maximum absolute atomic E-state index is 13.8. The summed E-state index contributed by atoms with van der Waals surface area (Å²) >= 11 is 3.23. The maximum Gasteiger partial charge on any atom is 0.240 e. The van der Waals surface area contributed by atoms with Crippen molar-refractivity contribution >= 4 is 40.7 Å². The third-order valence-corrected chi connectivity index (χ3v) is 8.70. The van der Waals surface area contributed by atoms with Crippen molar-refractivity contribution in [3.05, 3.63) is 87.6 Å². The smallest absolute Gasteiger partial charge is 0.240 e. The number of hydrogen-bond acceptors (Lipinski definition) is 6. The van der Waals surface area contributed by atoms with Crippen molar-refractivity contribution in [3.63, 3.8) is 0 Å². The van der Waals surface area contributed by atoms with Crippen LogP contribution >= 0.6 is 23.1 Å². The molecule has 0 spiro atoms. The highest BCUT2D eigenvalue weighted by Crippen LogP contribution is 2.49. The van der Waals surface area contributed by atoms with Crippen LogP contribution in [-0.2, 0) is 9.59 Å². The topological polar surface area (TPSA) is 70.5 Å². The van der Waals surface area contributed by atoms with Crippen LogP contribution in [-0.4, -0.2) is 66.0 Å². The standard InChI is InChI=1S/C30H33N5O2S2/c1-20-10-11-24(21(2)16-20)35-30-27(28(32-35)22-8-6-5-7-9-22)29(23-12-15-38-18-23)39-19-26(37)34(30)17-25(36)31-13-14-33(3)4/h5-12,15-16,18,29H,13-14,17,19H2,1-4H3,(H,31,36). The summed E-state index contributed by atoms with van der Waals surface area (Å²) in [5.41, 5.74) is 6.97. The van der Waals surface area contributed by atoms with Gasteiger partial charge in [0.2, 0.25) is 11.8 Å². The second-order valence-electron chi connectivity index (χ2n) is 10.0. The minimum Gasteiger partial charge on any atom is -0.353 e. The van der Waals surface area contributed by atoms with Gasteiger partial charge in [-0.25, -0.2) is 4.68 Å². The van der Waals surface area contributed by atoms with Crippen LogP contribution in [0.4, 0.5) is 5.82 Å². The first-order valence-electron chi connectivity index (χ1n) is 12.9. The predicted molar refractivity (Wildman–Crippen MR) is 161 cm³/mol. The molecule has 2 aromatic carbocycles. The summed E-state index contributed by atoms with van der Waals surface area (Å²) in [6.07, 6.45) is 0. The molecule has 1 unspecified atom stereocenters. The van der Waals surface area contributed by atoms with Crippen LogP contribution in [0.5, 0.6) is 0 Å². The average Bonchev–Trinajstić information content (AvgIpc) is 3.54. The number of nitrogens with one attached hydrogen (secondary N) is 1. The molecule has 7 nitrogen and oxygen atoms in total. The van der Waals surface area contributed by atoms with Gasteiger partial charge in [-0.2, -0.15) is 16.4 Å². The van der Waals surface area contributed by atoms with Gasteiger partial charge in [0.05, 0.1) is 22.4 Å². The molecule has 0 aliphatic carbocycles. The summed E-state index contributed by atoms with van der Waals surface area (Å²) in [5.74, 6) is 0.633. The number of anilines is 1. The monoisotopic (exact) mass is 559 g/mol. The highest BCUT2D eigenvalue weighted by Gasteiger charge is 2.38. The molecular formula is C30H33N5O2S2. The van der Waals surface area contributed by atoms with Gasteiger partial charge < -0.3 is 10.2 Å². The Morgan fingerprint density at radius 1 is 1.13 bits per heavy atom. The first-order valence-corrected chi connectivity index (χ1v) is 14.9. The molecule has 39 heavy (non-hydrogen) atoms. The van der Waals surface area contributed by atoms with Gasteiger partial charge in [-0.15, -0.1) is 11.8 Å². The number of carbonyl (C=O) groups is 2. The molecule has 3 heterocycles. The first kappa shape index (κ1) is 27.2. The van der Waals surface area contributed by atoms with Gasteiger partial charge >= 0.3 is 0 Å². The molecular weight excluding hydrogens is 526 g/mol. The van der Waals surface area contributed by atoms with Crippen LogP contribution in [0.15, 0.2) is 65.4 Å². The summed E-state index contributed by atoms with van der Waals surface area (Å²) in [6, 6.07) is 18.4. The van der Waals surface area contributed by atoms with E-state index < -0.39 is 0 Å². The molecule has 4 aromatic rings. The largest absolute Gasteiger partial charge is 0.353 e. The number of aryl methyl sites for hydroxylation is 2. The Hall–Kier alpha value is -3.40. The van der Waals surface area contributed by atoms with Crippen LogP contribution < -0.4 is 10.2 Å². The second kappa shape index (κ2) is 11.8. The average molecular weight is 560 g/mol. The van der Waals surface area contributed by atoms with Crippen LogP contribution in [0.2, 0.25) is 0 Å². The van der Waals surface area contributed by atoms with E-state index in [-0.39, 0.29) is 29.4 Å². The number of aromatic nitrogens is 2. The number of nitrogens with zero attached hydrogens (tertiary/aromatic N) is 4. The second-order valence-corrected chi connectivity index (χ2v) is 11.9. The van der Waals surface area contributed by atoms with Crippen molar-refractivity contribution in [2.24, 2.45) is 0 Å². The number of amides is 2. The van der Waals surface area contributed by atoms with Crippen molar-refractivity contribution < 1.29 is 9.59 Å². The zero-order chi connectivity index (χ0) is 27.5. The Labute approximate surface area is 237 Å². The lowest BCUT2D eigenvalue weighted by Crippen LogP contribution is -2.43. The van der Waals surface area contributed by atoms with Crippen molar-refractivity contribution in [1.82, 2.24) is 20.0 Å². The number of carbonyl (C=O) groups excluding carboxylic acids is 2. The van der Waals surface area contributed by atoms with Gasteiger partial charge in [0.15, 0.2) is 0 Å². The van der Waals surface area contributed by atoms with E-state index >= 15 is 0 Å². The molecule has 0 fully saturated rings. The van der Waals surface area contributed by atoms with E-state index in [1.165, 1.54) is 0 Å². The lowest BCUT2D eigenvalue weighted by molar-refractivity contribution is -0.122. The fourth-order valence-corrected chi connectivity index (χ4v) is 6.81. The van der Waals surface area contributed by atoms with E-state index in [1.54, 1.807) is 28.0 Å². The molecule has 0 bridgehead atoms. The van der Waals surface area contributed by atoms with Crippen LogP contribution in [0.25, 0.3) is 16.9 Å². The molecule has 1 aliphatic heterocycles. The number of thioether (sulfide) groups is 1. The number of fused-ring (bicyclic) bond motifs is 1. The lowest BCUT2D eigenvalue weighted by atomic mass is 10.0.